The molecule has 1 unspecified atom stereocenters. The molecule has 5 nitrogen and oxygen atoms in total. The van der Waals surface area contributed by atoms with Gasteiger partial charge in [0.1, 0.15) is 5.41 Å². The van der Waals surface area contributed by atoms with Gasteiger partial charge in [-0.1, -0.05) is 18.6 Å². The van der Waals surface area contributed by atoms with E-state index in [4.69, 9.17) is 0 Å². The van der Waals surface area contributed by atoms with Crippen molar-refractivity contribution in [2.45, 2.75) is 33.2 Å². The molecule has 2 amide bonds. The fourth-order valence-corrected chi connectivity index (χ4v) is 2.38. The van der Waals surface area contributed by atoms with Crippen LogP contribution in [-0.4, -0.2) is 40.2 Å². The first-order chi connectivity index (χ1) is 7.74. The van der Waals surface area contributed by atoms with Gasteiger partial charge in [-0.25, -0.2) is 11.3 Å². The normalized spacial score (nSPS) is 29.7. The van der Waals surface area contributed by atoms with Gasteiger partial charge in [-0.3, -0.25) is 14.6 Å². The Hall–Kier alpha value is -0.546. The summed E-state index contributed by atoms with van der Waals surface area (Å²) >= 11 is 0. The van der Waals surface area contributed by atoms with Gasteiger partial charge in [0.05, 0.1) is 6.54 Å². The van der Waals surface area contributed by atoms with Crippen LogP contribution in [0.2, 0.25) is 0 Å². The van der Waals surface area contributed by atoms with Gasteiger partial charge in [0.25, 0.3) is 11.8 Å². The molecular formula is C12H15N2O3Y+2. The average Bonchev–Trinajstić information content (AvgIpc) is 2.41. The molecule has 1 fully saturated rings. The molecule has 1 saturated heterocycles. The van der Waals surface area contributed by atoms with Crippen LogP contribution in [0.5, 0.6) is 0 Å². The number of rotatable bonds is 1. The Labute approximate surface area is 131 Å². The quantitative estimate of drug-likeness (QED) is 0.399. The zero-order chi connectivity index (χ0) is 13.0. The number of carbonyl (C=O) groups is 2. The second kappa shape index (κ2) is 4.53. The standard InChI is InChI=1S/C12H15N2O3.Y/c1-8-5-12(4,7-15)14-10(17)11(2,3)9(16)13(14)6-8;/h5H,6H2,1-4H3;/q-1;+3. The molecule has 92 valence electrons. The van der Waals surface area contributed by atoms with E-state index in [1.807, 2.05) is 13.2 Å². The minimum Gasteiger partial charge on any atom is -0.539 e. The van der Waals surface area contributed by atoms with E-state index in [1.165, 1.54) is 10.0 Å². The summed E-state index contributed by atoms with van der Waals surface area (Å²) in [7, 11) is 0. The van der Waals surface area contributed by atoms with Crippen LogP contribution < -0.4 is 0 Å². The summed E-state index contributed by atoms with van der Waals surface area (Å²) in [6.45, 7) is 6.93. The molecular weight excluding hydrogens is 309 g/mol. The second-order valence-electron chi connectivity index (χ2n) is 5.35. The molecule has 0 aliphatic carbocycles. The summed E-state index contributed by atoms with van der Waals surface area (Å²) in [6.07, 6.45) is 3.54. The summed E-state index contributed by atoms with van der Waals surface area (Å²) in [5.41, 5.74) is -1.40. The number of fused-ring (bicyclic) bond motifs is 1. The van der Waals surface area contributed by atoms with E-state index in [-0.39, 0.29) is 44.5 Å². The van der Waals surface area contributed by atoms with Crippen LogP contribution in [0, 0.1) is 5.41 Å². The fourth-order valence-electron chi connectivity index (χ4n) is 2.38. The number of carbonyl (C=O) groups excluding carboxylic acids is 3. The van der Waals surface area contributed by atoms with Crippen LogP contribution in [0.25, 0.3) is 0 Å². The molecule has 2 rings (SSSR count). The zero-order valence-corrected chi connectivity index (χ0v) is 13.8. The third-order valence-electron chi connectivity index (χ3n) is 3.31. The molecule has 0 aromatic rings. The van der Waals surface area contributed by atoms with Crippen LogP contribution in [0.1, 0.15) is 27.7 Å². The molecule has 2 aliphatic heterocycles. The van der Waals surface area contributed by atoms with E-state index >= 15 is 0 Å². The molecule has 0 radical (unpaired) electrons. The molecule has 0 saturated carbocycles. The van der Waals surface area contributed by atoms with Gasteiger partial charge in [-0.05, 0) is 26.3 Å². The molecule has 6 heteroatoms. The third kappa shape index (κ3) is 1.88. The minimum absolute atomic E-state index is 0. The number of hydrogen-bond donors (Lipinski definition) is 0. The van der Waals surface area contributed by atoms with Crippen molar-refractivity contribution in [3.63, 3.8) is 0 Å². The maximum atomic E-state index is 12.2. The Balaban J connectivity index is 0.00000162. The van der Waals surface area contributed by atoms with Crippen molar-refractivity contribution in [3.8, 4) is 0 Å². The van der Waals surface area contributed by atoms with Crippen molar-refractivity contribution in [2.24, 2.45) is 5.41 Å². The zero-order valence-electron chi connectivity index (χ0n) is 11.0. The Kier molecular flexibility index (Phi) is 3.90. The smallest absolute Gasteiger partial charge is 0.539 e. The topological polar surface area (TPSA) is 57.7 Å². The molecule has 1 atom stereocenters. The van der Waals surface area contributed by atoms with E-state index in [1.54, 1.807) is 26.8 Å². The van der Waals surface area contributed by atoms with Crippen LogP contribution >= 0.6 is 0 Å². The first-order valence-electron chi connectivity index (χ1n) is 5.48. The van der Waals surface area contributed by atoms with E-state index in [9.17, 15) is 14.4 Å². The summed E-state index contributed by atoms with van der Waals surface area (Å²) in [5.74, 6) is -0.617. The van der Waals surface area contributed by atoms with Crippen molar-refractivity contribution < 1.29 is 47.1 Å². The summed E-state index contributed by atoms with van der Waals surface area (Å²) < 4.78 is 0. The fraction of sp³-hybridized carbons (Fsp3) is 0.583. The van der Waals surface area contributed by atoms with Gasteiger partial charge >= 0.3 is 32.7 Å². The Morgan fingerprint density at radius 3 is 2.28 bits per heavy atom. The minimum atomic E-state index is -1.18. The van der Waals surface area contributed by atoms with E-state index in [0.717, 1.165) is 5.57 Å². The van der Waals surface area contributed by atoms with Gasteiger partial charge in [-0.15, -0.1) is 0 Å². The molecule has 0 aromatic heterocycles. The molecule has 2 heterocycles. The van der Waals surface area contributed by atoms with Crippen molar-refractivity contribution >= 4 is 18.1 Å². The first kappa shape index (κ1) is 15.5. The second-order valence-corrected chi connectivity index (χ2v) is 5.35. The predicted molar refractivity (Wildman–Crippen MR) is 60.2 cm³/mol. The summed E-state index contributed by atoms with van der Waals surface area (Å²) in [6, 6.07) is 0. The van der Waals surface area contributed by atoms with Crippen molar-refractivity contribution in [3.05, 3.63) is 11.6 Å². The molecule has 0 aromatic carbocycles. The van der Waals surface area contributed by atoms with Gasteiger partial charge < -0.3 is 4.79 Å². The number of amides is 2. The SMILES string of the molecule is CC1=CC(C)([C-]=O)N2C(=O)C(C)(C)C(=O)N2C1.[Y+3]. The molecule has 0 N–H and O–H groups in total. The Morgan fingerprint density at radius 2 is 1.78 bits per heavy atom. The maximum absolute atomic E-state index is 12.2. The number of hydrogen-bond acceptors (Lipinski definition) is 3. The van der Waals surface area contributed by atoms with E-state index in [0.29, 0.717) is 6.54 Å². The van der Waals surface area contributed by atoms with Crippen molar-refractivity contribution in [1.29, 1.82) is 0 Å². The van der Waals surface area contributed by atoms with Gasteiger partial charge in [0, 0.05) is 0 Å². The van der Waals surface area contributed by atoms with Gasteiger partial charge in [0.15, 0.2) is 0 Å². The van der Waals surface area contributed by atoms with Crippen LogP contribution in [-0.2, 0) is 47.1 Å². The largest absolute Gasteiger partial charge is 3.00 e. The summed E-state index contributed by atoms with van der Waals surface area (Å²) in [5, 5.41) is 2.58. The van der Waals surface area contributed by atoms with Crippen LogP contribution in [0.4, 0.5) is 0 Å². The molecule has 0 spiro atoms. The molecule has 2 aliphatic rings. The van der Waals surface area contributed by atoms with Gasteiger partial charge in [-0.2, -0.15) is 0 Å². The maximum Gasteiger partial charge on any atom is 3.00 e. The van der Waals surface area contributed by atoms with Crippen LogP contribution in [0.3, 0.4) is 0 Å². The average molecular weight is 324 g/mol. The van der Waals surface area contributed by atoms with Gasteiger partial charge in [0.2, 0.25) is 0 Å². The van der Waals surface area contributed by atoms with Crippen LogP contribution in [0.15, 0.2) is 11.6 Å². The molecule has 0 bridgehead atoms. The predicted octanol–water partition coefficient (Wildman–Crippen LogP) is 0.424. The Bertz CT molecular complexity index is 458. The summed E-state index contributed by atoms with van der Waals surface area (Å²) in [4.78, 5) is 35.5. The Morgan fingerprint density at radius 1 is 1.22 bits per heavy atom. The molecule has 18 heavy (non-hydrogen) atoms. The van der Waals surface area contributed by atoms with E-state index < -0.39 is 11.0 Å². The monoisotopic (exact) mass is 324 g/mol. The van der Waals surface area contributed by atoms with Crippen molar-refractivity contribution in [2.75, 3.05) is 6.54 Å². The first-order valence-corrected chi connectivity index (χ1v) is 5.48. The number of nitrogens with zero attached hydrogens (tertiary/aromatic N) is 2. The number of hydrazine groups is 1. The van der Waals surface area contributed by atoms with E-state index in [2.05, 4.69) is 0 Å². The van der Waals surface area contributed by atoms with Crippen molar-refractivity contribution in [1.82, 2.24) is 10.0 Å². The third-order valence-corrected chi connectivity index (χ3v) is 3.31.